The van der Waals surface area contributed by atoms with E-state index >= 15 is 0 Å². The molecule has 2 heterocycles. The van der Waals surface area contributed by atoms with Gasteiger partial charge in [-0.2, -0.15) is 0 Å². The molecule has 0 radical (unpaired) electrons. The quantitative estimate of drug-likeness (QED) is 0.673. The Bertz CT molecular complexity index is 1010. The fraction of sp³-hybridized carbons (Fsp3) is 0.476. The molecule has 1 aliphatic heterocycles. The molecular weight excluding hydrogens is 409 g/mol. The van der Waals surface area contributed by atoms with Crippen LogP contribution >= 0.6 is 0 Å². The number of ether oxygens (including phenoxy) is 1. The van der Waals surface area contributed by atoms with E-state index in [-0.39, 0.29) is 22.3 Å². The van der Waals surface area contributed by atoms with Crippen molar-refractivity contribution >= 4 is 16.0 Å². The predicted molar refractivity (Wildman–Crippen MR) is 111 cm³/mol. The first kappa shape index (κ1) is 22.5. The number of esters is 1. The van der Waals surface area contributed by atoms with Crippen LogP contribution in [0.4, 0.5) is 4.39 Å². The highest BCUT2D eigenvalue weighted by Gasteiger charge is 2.26. The fourth-order valence-electron chi connectivity index (χ4n) is 3.77. The molecule has 0 spiro atoms. The molecular formula is C21H28FN3O4S. The number of carbonyl (C=O) groups is 1. The van der Waals surface area contributed by atoms with E-state index in [2.05, 4.69) is 9.62 Å². The summed E-state index contributed by atoms with van der Waals surface area (Å²) in [6.07, 6.45) is 1.66. The minimum atomic E-state index is -3.74. The van der Waals surface area contributed by atoms with Crippen molar-refractivity contribution in [2.45, 2.75) is 31.2 Å². The number of piperidine rings is 1. The van der Waals surface area contributed by atoms with Crippen LogP contribution in [0.1, 0.15) is 34.6 Å². The average molecular weight is 438 g/mol. The molecule has 1 aliphatic rings. The van der Waals surface area contributed by atoms with E-state index < -0.39 is 16.0 Å². The second-order valence-electron chi connectivity index (χ2n) is 7.69. The first-order valence-corrected chi connectivity index (χ1v) is 11.4. The summed E-state index contributed by atoms with van der Waals surface area (Å²) in [5.74, 6) is -0.568. The standard InChI is InChI=1S/C21H28FN3O4S/c1-15-20(12-19(24(15)2)21(26)29-3)30(27,28)23-13-16-8-10-25(11-9-16)14-17-6-4-5-7-18(17)22/h4-7,12,16,23H,8-11,13-14H2,1-3H3. The third kappa shape index (κ3) is 4.91. The van der Waals surface area contributed by atoms with Crippen molar-refractivity contribution < 1.29 is 22.3 Å². The largest absolute Gasteiger partial charge is 0.464 e. The lowest BCUT2D eigenvalue weighted by atomic mass is 9.97. The van der Waals surface area contributed by atoms with Crippen LogP contribution in [-0.4, -0.2) is 50.6 Å². The zero-order valence-electron chi connectivity index (χ0n) is 17.5. The zero-order chi connectivity index (χ0) is 21.9. The number of hydrogen-bond donors (Lipinski definition) is 1. The SMILES string of the molecule is COC(=O)c1cc(S(=O)(=O)NCC2CCN(Cc3ccccc3F)CC2)c(C)n1C. The van der Waals surface area contributed by atoms with Crippen molar-refractivity contribution in [3.63, 3.8) is 0 Å². The Morgan fingerprint density at radius 2 is 1.93 bits per heavy atom. The van der Waals surface area contributed by atoms with E-state index in [1.54, 1.807) is 26.1 Å². The number of methoxy groups -OCH3 is 1. The normalized spacial score (nSPS) is 16.0. The molecule has 0 saturated carbocycles. The molecule has 1 N–H and O–H groups in total. The van der Waals surface area contributed by atoms with Gasteiger partial charge in [0.2, 0.25) is 10.0 Å². The number of halogens is 1. The Kier molecular flexibility index (Phi) is 6.95. The lowest BCUT2D eigenvalue weighted by Gasteiger charge is -2.32. The van der Waals surface area contributed by atoms with Gasteiger partial charge >= 0.3 is 5.97 Å². The minimum absolute atomic E-state index is 0.0855. The Hall–Kier alpha value is -2.23. The average Bonchev–Trinajstić information content (AvgIpc) is 3.04. The van der Waals surface area contributed by atoms with E-state index in [9.17, 15) is 17.6 Å². The minimum Gasteiger partial charge on any atom is -0.464 e. The van der Waals surface area contributed by atoms with Gasteiger partial charge in [-0.05, 0) is 50.9 Å². The number of likely N-dealkylation sites (tertiary alicyclic amines) is 1. The Morgan fingerprint density at radius 3 is 2.57 bits per heavy atom. The Labute approximate surface area is 176 Å². The fourth-order valence-corrected chi connectivity index (χ4v) is 5.17. The highest BCUT2D eigenvalue weighted by atomic mass is 32.2. The molecule has 0 bridgehead atoms. The number of hydrogen-bond acceptors (Lipinski definition) is 5. The number of nitrogens with zero attached hydrogens (tertiary/aromatic N) is 2. The third-order valence-corrected chi connectivity index (χ3v) is 7.33. The Morgan fingerprint density at radius 1 is 1.27 bits per heavy atom. The molecule has 0 amide bonds. The van der Waals surface area contributed by atoms with Crippen LogP contribution in [0.5, 0.6) is 0 Å². The summed E-state index contributed by atoms with van der Waals surface area (Å²) in [5, 5.41) is 0. The number of nitrogens with one attached hydrogen (secondary N) is 1. The van der Waals surface area contributed by atoms with Gasteiger partial charge in [0, 0.05) is 31.4 Å². The van der Waals surface area contributed by atoms with E-state index in [0.717, 1.165) is 25.9 Å². The first-order chi connectivity index (χ1) is 14.2. The van der Waals surface area contributed by atoms with Gasteiger partial charge in [0.05, 0.1) is 7.11 Å². The number of carbonyl (C=O) groups excluding carboxylic acids is 1. The topological polar surface area (TPSA) is 80.6 Å². The number of benzene rings is 1. The summed E-state index contributed by atoms with van der Waals surface area (Å²) in [7, 11) is -0.853. The maximum Gasteiger partial charge on any atom is 0.354 e. The molecule has 0 unspecified atom stereocenters. The van der Waals surface area contributed by atoms with Crippen molar-refractivity contribution in [3.05, 3.63) is 53.1 Å². The molecule has 1 aromatic heterocycles. The molecule has 30 heavy (non-hydrogen) atoms. The molecule has 1 fully saturated rings. The molecule has 7 nitrogen and oxygen atoms in total. The summed E-state index contributed by atoms with van der Waals surface area (Å²) in [6.45, 7) is 4.12. The Balaban J connectivity index is 1.56. The molecule has 164 valence electrons. The molecule has 1 saturated heterocycles. The second kappa shape index (κ2) is 9.28. The molecule has 0 atom stereocenters. The van der Waals surface area contributed by atoms with Gasteiger partial charge in [-0.1, -0.05) is 18.2 Å². The van der Waals surface area contributed by atoms with Gasteiger partial charge in [0.15, 0.2) is 0 Å². The van der Waals surface area contributed by atoms with Crippen molar-refractivity contribution in [3.8, 4) is 0 Å². The van der Waals surface area contributed by atoms with Crippen molar-refractivity contribution in [1.82, 2.24) is 14.2 Å². The highest BCUT2D eigenvalue weighted by Crippen LogP contribution is 2.23. The predicted octanol–water partition coefficient (Wildman–Crippen LogP) is 2.45. The van der Waals surface area contributed by atoms with Crippen LogP contribution in [0.3, 0.4) is 0 Å². The monoisotopic (exact) mass is 437 g/mol. The maximum atomic E-state index is 13.8. The van der Waals surface area contributed by atoms with E-state index in [4.69, 9.17) is 4.74 Å². The second-order valence-corrected chi connectivity index (χ2v) is 9.43. The summed E-state index contributed by atoms with van der Waals surface area (Å²) < 4.78 is 48.3. The van der Waals surface area contributed by atoms with Crippen molar-refractivity contribution in [2.24, 2.45) is 13.0 Å². The van der Waals surface area contributed by atoms with Gasteiger partial charge in [-0.25, -0.2) is 22.3 Å². The van der Waals surface area contributed by atoms with Crippen LogP contribution in [0.2, 0.25) is 0 Å². The summed E-state index contributed by atoms with van der Waals surface area (Å²) in [4.78, 5) is 14.1. The van der Waals surface area contributed by atoms with E-state index in [0.29, 0.717) is 24.3 Å². The number of aromatic nitrogens is 1. The highest BCUT2D eigenvalue weighted by molar-refractivity contribution is 7.89. The van der Waals surface area contributed by atoms with Crippen LogP contribution < -0.4 is 4.72 Å². The summed E-state index contributed by atoms with van der Waals surface area (Å²) in [6, 6.07) is 8.12. The lowest BCUT2D eigenvalue weighted by Crippen LogP contribution is -2.38. The van der Waals surface area contributed by atoms with Crippen LogP contribution in [0, 0.1) is 18.7 Å². The molecule has 2 aromatic rings. The summed E-state index contributed by atoms with van der Waals surface area (Å²) in [5.41, 5.74) is 1.34. The summed E-state index contributed by atoms with van der Waals surface area (Å²) >= 11 is 0. The first-order valence-electron chi connectivity index (χ1n) is 9.93. The maximum absolute atomic E-state index is 13.8. The van der Waals surface area contributed by atoms with E-state index in [1.807, 2.05) is 6.07 Å². The zero-order valence-corrected chi connectivity index (χ0v) is 18.3. The van der Waals surface area contributed by atoms with Crippen LogP contribution in [0.15, 0.2) is 35.2 Å². The lowest BCUT2D eigenvalue weighted by molar-refractivity contribution is 0.0589. The van der Waals surface area contributed by atoms with Gasteiger partial charge in [0.1, 0.15) is 16.4 Å². The van der Waals surface area contributed by atoms with Crippen LogP contribution in [-0.2, 0) is 28.4 Å². The van der Waals surface area contributed by atoms with Gasteiger partial charge in [0.25, 0.3) is 0 Å². The van der Waals surface area contributed by atoms with E-state index in [1.165, 1.54) is 23.8 Å². The van der Waals surface area contributed by atoms with Crippen molar-refractivity contribution in [1.29, 1.82) is 0 Å². The molecule has 0 aliphatic carbocycles. The molecule has 1 aromatic carbocycles. The van der Waals surface area contributed by atoms with Crippen LogP contribution in [0.25, 0.3) is 0 Å². The molecule has 9 heteroatoms. The smallest absolute Gasteiger partial charge is 0.354 e. The van der Waals surface area contributed by atoms with Gasteiger partial charge < -0.3 is 9.30 Å². The molecule has 3 rings (SSSR count). The van der Waals surface area contributed by atoms with Crippen molar-refractivity contribution in [2.75, 3.05) is 26.7 Å². The number of rotatable bonds is 7. The van der Waals surface area contributed by atoms with Gasteiger partial charge in [-0.15, -0.1) is 0 Å². The van der Waals surface area contributed by atoms with Gasteiger partial charge in [-0.3, -0.25) is 4.90 Å². The third-order valence-electron chi connectivity index (χ3n) is 5.79. The number of sulfonamides is 1.